The molecule has 2 aromatic rings. The number of rotatable bonds is 12. The van der Waals surface area contributed by atoms with Gasteiger partial charge in [-0.25, -0.2) is 4.79 Å². The second kappa shape index (κ2) is 11.7. The second-order valence-corrected chi connectivity index (χ2v) is 8.45. The van der Waals surface area contributed by atoms with E-state index in [0.29, 0.717) is 24.8 Å². The molecule has 2 heterocycles. The largest absolute Gasteiger partial charge is 0.465 e. The molecule has 3 rings (SSSR count). The summed E-state index contributed by atoms with van der Waals surface area (Å²) in [6, 6.07) is 8.40. The fraction of sp³-hybridized carbons (Fsp3) is 0.625. The Morgan fingerprint density at radius 1 is 1.07 bits per heavy atom. The topological polar surface area (TPSA) is 79.5 Å². The zero-order valence-electron chi connectivity index (χ0n) is 18.2. The van der Waals surface area contributed by atoms with E-state index in [-0.39, 0.29) is 5.92 Å². The van der Waals surface area contributed by atoms with E-state index in [2.05, 4.69) is 41.3 Å². The first-order valence-corrected chi connectivity index (χ1v) is 11.6. The van der Waals surface area contributed by atoms with Crippen molar-refractivity contribution >= 4 is 6.09 Å². The van der Waals surface area contributed by atoms with Gasteiger partial charge in [0, 0.05) is 18.7 Å². The molecule has 1 aliphatic heterocycles. The summed E-state index contributed by atoms with van der Waals surface area (Å²) in [5, 5.41) is 13.2. The highest BCUT2D eigenvalue weighted by Crippen LogP contribution is 2.28. The molecule has 6 heteroatoms. The van der Waals surface area contributed by atoms with Crippen molar-refractivity contribution in [3.05, 3.63) is 35.7 Å². The standard InChI is InChI=1S/C24H35N3O3/c1-2-3-4-5-6-7-8-9-10-11-19-12-14-20(15-13-19)22-25-23(30-26-22)21-16-17-27(18-21)24(28)29/h12-15,21H,2-11,16-18H2,1H3,(H,28,29). The van der Waals surface area contributed by atoms with Gasteiger partial charge in [0.25, 0.3) is 0 Å². The van der Waals surface area contributed by atoms with E-state index in [1.807, 2.05) is 0 Å². The third-order valence-corrected chi connectivity index (χ3v) is 6.03. The Morgan fingerprint density at radius 3 is 2.37 bits per heavy atom. The molecular formula is C24H35N3O3. The van der Waals surface area contributed by atoms with Crippen LogP contribution in [-0.4, -0.2) is 39.3 Å². The normalized spacial score (nSPS) is 16.3. The minimum atomic E-state index is -0.889. The first kappa shape index (κ1) is 22.3. The van der Waals surface area contributed by atoms with Gasteiger partial charge in [0.2, 0.25) is 11.7 Å². The van der Waals surface area contributed by atoms with Gasteiger partial charge in [-0.2, -0.15) is 4.98 Å². The maximum atomic E-state index is 11.1. The number of amides is 1. The van der Waals surface area contributed by atoms with E-state index in [9.17, 15) is 4.79 Å². The number of carbonyl (C=O) groups is 1. The van der Waals surface area contributed by atoms with Crippen molar-refractivity contribution in [2.75, 3.05) is 13.1 Å². The van der Waals surface area contributed by atoms with Crippen molar-refractivity contribution in [3.63, 3.8) is 0 Å². The quantitative estimate of drug-likeness (QED) is 0.414. The molecule has 1 saturated heterocycles. The lowest BCUT2D eigenvalue weighted by atomic mass is 10.0. The molecule has 0 aliphatic carbocycles. The van der Waals surface area contributed by atoms with Gasteiger partial charge in [-0.05, 0) is 24.8 Å². The zero-order chi connectivity index (χ0) is 21.2. The molecule has 1 aromatic carbocycles. The Morgan fingerprint density at radius 2 is 1.73 bits per heavy atom. The first-order chi connectivity index (χ1) is 14.7. The van der Waals surface area contributed by atoms with Crippen molar-refractivity contribution < 1.29 is 14.4 Å². The van der Waals surface area contributed by atoms with Crippen molar-refractivity contribution in [3.8, 4) is 11.4 Å². The SMILES string of the molecule is CCCCCCCCCCCc1ccc(-c2noc(C3CCN(C(=O)O)C3)n2)cc1. The summed E-state index contributed by atoms with van der Waals surface area (Å²) in [5.74, 6) is 1.11. The highest BCUT2D eigenvalue weighted by atomic mass is 16.5. The van der Waals surface area contributed by atoms with Crippen LogP contribution >= 0.6 is 0 Å². The van der Waals surface area contributed by atoms with Crippen LogP contribution in [0.2, 0.25) is 0 Å². The zero-order valence-corrected chi connectivity index (χ0v) is 18.2. The molecule has 1 fully saturated rings. The van der Waals surface area contributed by atoms with Crippen molar-refractivity contribution in [2.45, 2.75) is 83.5 Å². The fourth-order valence-electron chi connectivity index (χ4n) is 4.11. The fourth-order valence-corrected chi connectivity index (χ4v) is 4.11. The average molecular weight is 414 g/mol. The van der Waals surface area contributed by atoms with Gasteiger partial charge in [-0.15, -0.1) is 0 Å². The predicted octanol–water partition coefficient (Wildman–Crippen LogP) is 6.28. The van der Waals surface area contributed by atoms with Gasteiger partial charge in [-0.3, -0.25) is 0 Å². The van der Waals surface area contributed by atoms with Crippen molar-refractivity contribution in [1.82, 2.24) is 15.0 Å². The van der Waals surface area contributed by atoms with Gasteiger partial charge in [0.15, 0.2) is 0 Å². The van der Waals surface area contributed by atoms with Crippen molar-refractivity contribution in [1.29, 1.82) is 0 Å². The number of hydrogen-bond donors (Lipinski definition) is 1. The maximum Gasteiger partial charge on any atom is 0.407 e. The van der Waals surface area contributed by atoms with Gasteiger partial charge in [0.1, 0.15) is 0 Å². The molecule has 1 N–H and O–H groups in total. The Kier molecular flexibility index (Phi) is 8.72. The Balaban J connectivity index is 1.39. The average Bonchev–Trinajstić information content (AvgIpc) is 3.43. The Bertz CT molecular complexity index is 772. The molecule has 1 atom stereocenters. The predicted molar refractivity (Wildman–Crippen MR) is 118 cm³/mol. The molecular weight excluding hydrogens is 378 g/mol. The second-order valence-electron chi connectivity index (χ2n) is 8.45. The van der Waals surface area contributed by atoms with Crippen LogP contribution in [0.3, 0.4) is 0 Å². The van der Waals surface area contributed by atoms with E-state index in [4.69, 9.17) is 9.63 Å². The first-order valence-electron chi connectivity index (χ1n) is 11.6. The van der Waals surface area contributed by atoms with Gasteiger partial charge in [0.05, 0.1) is 5.92 Å². The molecule has 6 nitrogen and oxygen atoms in total. The molecule has 1 aromatic heterocycles. The van der Waals surface area contributed by atoms with E-state index >= 15 is 0 Å². The van der Waals surface area contributed by atoms with Crippen LogP contribution in [0.15, 0.2) is 28.8 Å². The number of likely N-dealkylation sites (tertiary alicyclic amines) is 1. The lowest BCUT2D eigenvalue weighted by Gasteiger charge is -2.09. The Labute approximate surface area is 179 Å². The van der Waals surface area contributed by atoms with Gasteiger partial charge >= 0.3 is 6.09 Å². The van der Waals surface area contributed by atoms with Crippen LogP contribution in [0.5, 0.6) is 0 Å². The summed E-state index contributed by atoms with van der Waals surface area (Å²) in [4.78, 5) is 17.0. The highest BCUT2D eigenvalue weighted by molar-refractivity contribution is 5.65. The van der Waals surface area contributed by atoms with Crippen LogP contribution < -0.4 is 0 Å². The van der Waals surface area contributed by atoms with Crippen LogP contribution in [0, 0.1) is 0 Å². The number of aryl methyl sites for hydroxylation is 1. The highest BCUT2D eigenvalue weighted by Gasteiger charge is 2.31. The number of nitrogens with zero attached hydrogens (tertiary/aromatic N) is 3. The summed E-state index contributed by atoms with van der Waals surface area (Å²) in [5.41, 5.74) is 2.28. The molecule has 0 radical (unpaired) electrons. The molecule has 1 amide bonds. The lowest BCUT2D eigenvalue weighted by Crippen LogP contribution is -2.26. The molecule has 0 spiro atoms. The minimum Gasteiger partial charge on any atom is -0.465 e. The van der Waals surface area contributed by atoms with Gasteiger partial charge < -0.3 is 14.5 Å². The molecule has 0 bridgehead atoms. The van der Waals surface area contributed by atoms with Crippen LogP contribution in [-0.2, 0) is 6.42 Å². The molecule has 30 heavy (non-hydrogen) atoms. The smallest absolute Gasteiger partial charge is 0.407 e. The van der Waals surface area contributed by atoms with E-state index < -0.39 is 6.09 Å². The van der Waals surface area contributed by atoms with Crippen LogP contribution in [0.1, 0.15) is 88.5 Å². The molecule has 0 saturated carbocycles. The van der Waals surface area contributed by atoms with Crippen molar-refractivity contribution in [2.24, 2.45) is 0 Å². The third kappa shape index (κ3) is 6.57. The van der Waals surface area contributed by atoms with E-state index in [1.165, 1.54) is 68.3 Å². The summed E-state index contributed by atoms with van der Waals surface area (Å²) >= 11 is 0. The Hall–Kier alpha value is -2.37. The third-order valence-electron chi connectivity index (χ3n) is 6.03. The summed E-state index contributed by atoms with van der Waals surface area (Å²) in [6.07, 6.45) is 13.1. The molecule has 1 aliphatic rings. The van der Waals surface area contributed by atoms with E-state index in [0.717, 1.165) is 18.4 Å². The molecule has 1 unspecified atom stereocenters. The molecule has 164 valence electrons. The van der Waals surface area contributed by atoms with Crippen LogP contribution in [0.4, 0.5) is 4.79 Å². The maximum absolute atomic E-state index is 11.1. The van der Waals surface area contributed by atoms with Gasteiger partial charge in [-0.1, -0.05) is 87.7 Å². The number of benzene rings is 1. The number of aromatic nitrogens is 2. The van der Waals surface area contributed by atoms with E-state index in [1.54, 1.807) is 0 Å². The monoisotopic (exact) mass is 413 g/mol. The lowest BCUT2D eigenvalue weighted by molar-refractivity contribution is 0.154. The summed E-state index contributed by atoms with van der Waals surface area (Å²) in [6.45, 7) is 3.21. The number of carboxylic acid groups (broad SMARTS) is 1. The van der Waals surface area contributed by atoms with Crippen LogP contribution in [0.25, 0.3) is 11.4 Å². The summed E-state index contributed by atoms with van der Waals surface area (Å²) in [7, 11) is 0. The minimum absolute atomic E-state index is 0.00623. The number of hydrogen-bond acceptors (Lipinski definition) is 4. The summed E-state index contributed by atoms with van der Waals surface area (Å²) < 4.78 is 5.41. The number of unbranched alkanes of at least 4 members (excludes halogenated alkanes) is 8.